The number of halogens is 1. The van der Waals surface area contributed by atoms with Crippen LogP contribution in [-0.4, -0.2) is 31.4 Å². The summed E-state index contributed by atoms with van der Waals surface area (Å²) in [4.78, 5) is 11.7. The molecule has 152 valence electrons. The van der Waals surface area contributed by atoms with E-state index in [-0.39, 0.29) is 10.6 Å². The number of benzene rings is 2. The number of aryl methyl sites for hydroxylation is 1. The second kappa shape index (κ2) is 9.43. The zero-order valence-corrected chi connectivity index (χ0v) is 17.8. The zero-order valence-electron chi connectivity index (χ0n) is 16.2. The van der Waals surface area contributed by atoms with Crippen molar-refractivity contribution in [2.75, 3.05) is 5.75 Å². The zero-order chi connectivity index (χ0) is 20.9. The van der Waals surface area contributed by atoms with E-state index in [0.717, 1.165) is 5.56 Å². The van der Waals surface area contributed by atoms with Gasteiger partial charge >= 0.3 is 5.97 Å². The van der Waals surface area contributed by atoms with Crippen molar-refractivity contribution in [3.05, 3.63) is 47.0 Å². The minimum absolute atomic E-state index is 0.0615. The fourth-order valence-electron chi connectivity index (χ4n) is 2.94. The van der Waals surface area contributed by atoms with Gasteiger partial charge in [-0.1, -0.05) is 37.9 Å². The molecule has 0 fully saturated rings. The van der Waals surface area contributed by atoms with E-state index in [4.69, 9.17) is 16.3 Å². The van der Waals surface area contributed by atoms with Crippen molar-refractivity contribution < 1.29 is 23.1 Å². The molecule has 0 bridgehead atoms. The minimum atomic E-state index is -3.39. The molecule has 0 aliphatic carbocycles. The topological polar surface area (TPSA) is 80.7 Å². The Labute approximate surface area is 171 Å². The van der Waals surface area contributed by atoms with Crippen molar-refractivity contribution in [3.8, 4) is 16.9 Å². The molecule has 0 aliphatic rings. The molecule has 0 saturated carbocycles. The first-order chi connectivity index (χ1) is 13.2. The molecule has 0 spiro atoms. The summed E-state index contributed by atoms with van der Waals surface area (Å²) in [5.74, 6) is -0.622. The molecule has 0 amide bonds. The predicted molar refractivity (Wildman–Crippen MR) is 111 cm³/mol. The van der Waals surface area contributed by atoms with Crippen LogP contribution in [0.3, 0.4) is 0 Å². The number of carboxylic acids is 1. The Balaban J connectivity index is 2.58. The van der Waals surface area contributed by atoms with Gasteiger partial charge in [0.15, 0.2) is 15.9 Å². The van der Waals surface area contributed by atoms with E-state index in [9.17, 15) is 18.3 Å². The van der Waals surface area contributed by atoms with Gasteiger partial charge in [-0.25, -0.2) is 13.2 Å². The maximum atomic E-state index is 12.5. The summed E-state index contributed by atoms with van der Waals surface area (Å²) < 4.78 is 30.8. The summed E-state index contributed by atoms with van der Waals surface area (Å²) in [6.07, 6.45) is 0.552. The molecule has 2 rings (SSSR count). The summed E-state index contributed by atoms with van der Waals surface area (Å²) in [7, 11) is -3.39. The second-order valence-electron chi connectivity index (χ2n) is 6.67. The fourth-order valence-corrected chi connectivity index (χ4v) is 4.45. The molecule has 1 atom stereocenters. The number of rotatable bonds is 9. The van der Waals surface area contributed by atoms with Crippen LogP contribution in [0.1, 0.15) is 38.7 Å². The Morgan fingerprint density at radius 2 is 1.82 bits per heavy atom. The first-order valence-electron chi connectivity index (χ1n) is 9.22. The molecule has 0 saturated heterocycles. The van der Waals surface area contributed by atoms with Crippen molar-refractivity contribution in [1.29, 1.82) is 0 Å². The van der Waals surface area contributed by atoms with Gasteiger partial charge in [0.1, 0.15) is 5.75 Å². The van der Waals surface area contributed by atoms with Crippen LogP contribution in [0.25, 0.3) is 11.1 Å². The molecule has 28 heavy (non-hydrogen) atoms. The quantitative estimate of drug-likeness (QED) is 0.603. The van der Waals surface area contributed by atoms with Crippen LogP contribution in [0.4, 0.5) is 0 Å². The van der Waals surface area contributed by atoms with E-state index in [1.807, 2.05) is 20.8 Å². The van der Waals surface area contributed by atoms with Gasteiger partial charge in [-0.05, 0) is 61.2 Å². The molecule has 0 aromatic heterocycles. The number of hydrogen-bond donors (Lipinski definition) is 1. The highest BCUT2D eigenvalue weighted by atomic mass is 35.5. The summed E-state index contributed by atoms with van der Waals surface area (Å²) in [6, 6.07) is 9.85. The second-order valence-corrected chi connectivity index (χ2v) is 9.22. The molecule has 5 nitrogen and oxygen atoms in total. The average molecular weight is 425 g/mol. The van der Waals surface area contributed by atoms with E-state index < -0.39 is 21.9 Å². The average Bonchev–Trinajstić information content (AvgIpc) is 2.62. The smallest absolute Gasteiger partial charge is 0.344 e. The van der Waals surface area contributed by atoms with E-state index in [1.54, 1.807) is 36.4 Å². The molecule has 7 heteroatoms. The van der Waals surface area contributed by atoms with Gasteiger partial charge < -0.3 is 9.84 Å². The summed E-state index contributed by atoms with van der Waals surface area (Å²) >= 11 is 6.17. The van der Waals surface area contributed by atoms with Gasteiger partial charge in [-0.2, -0.15) is 0 Å². The highest BCUT2D eigenvalue weighted by Gasteiger charge is 2.22. The Hall–Kier alpha value is -2.05. The lowest BCUT2D eigenvalue weighted by Crippen LogP contribution is -2.26. The fraction of sp³-hybridized carbons (Fsp3) is 0.381. The van der Waals surface area contributed by atoms with Crippen molar-refractivity contribution in [1.82, 2.24) is 0 Å². The van der Waals surface area contributed by atoms with Gasteiger partial charge in [-0.15, -0.1) is 0 Å². The van der Waals surface area contributed by atoms with Crippen molar-refractivity contribution in [2.45, 2.75) is 51.0 Å². The van der Waals surface area contributed by atoms with Gasteiger partial charge in [0, 0.05) is 10.6 Å². The normalized spacial score (nSPS) is 12.6. The monoisotopic (exact) mass is 424 g/mol. The van der Waals surface area contributed by atoms with E-state index in [2.05, 4.69) is 0 Å². The lowest BCUT2D eigenvalue weighted by Gasteiger charge is -2.19. The van der Waals surface area contributed by atoms with Gasteiger partial charge in [0.25, 0.3) is 0 Å². The Morgan fingerprint density at radius 1 is 1.11 bits per heavy atom. The first-order valence-corrected chi connectivity index (χ1v) is 11.3. The maximum Gasteiger partial charge on any atom is 0.344 e. The maximum absolute atomic E-state index is 12.5. The molecule has 0 heterocycles. The van der Waals surface area contributed by atoms with Crippen LogP contribution in [0, 0.1) is 6.92 Å². The van der Waals surface area contributed by atoms with Gasteiger partial charge in [0.05, 0.1) is 10.6 Å². The van der Waals surface area contributed by atoms with Crippen molar-refractivity contribution in [2.24, 2.45) is 0 Å². The lowest BCUT2D eigenvalue weighted by molar-refractivity contribution is -0.145. The highest BCUT2D eigenvalue weighted by molar-refractivity contribution is 7.91. The first kappa shape index (κ1) is 22.2. The molecule has 1 unspecified atom stereocenters. The number of ether oxygens (including phenoxy) is 1. The van der Waals surface area contributed by atoms with Crippen LogP contribution in [0.15, 0.2) is 41.3 Å². The van der Waals surface area contributed by atoms with E-state index in [0.29, 0.717) is 41.2 Å². The highest BCUT2D eigenvalue weighted by Crippen LogP contribution is 2.36. The van der Waals surface area contributed by atoms with Crippen molar-refractivity contribution >= 4 is 27.4 Å². The molecule has 1 N–H and O–H groups in total. The Bertz CT molecular complexity index is 953. The summed E-state index contributed by atoms with van der Waals surface area (Å²) in [5.41, 5.74) is 2.06. The lowest BCUT2D eigenvalue weighted by atomic mass is 9.99. The standard InChI is InChI=1S/C21H25ClO5S/c1-4-6-20(21(23)24)27-19-10-8-15(22)12-18(19)17-13-16(9-7-14(17)3)28(25,26)11-5-2/h7-10,12-13,20H,4-6,11H2,1-3H3,(H,23,24). The molecule has 2 aromatic rings. The van der Waals surface area contributed by atoms with Gasteiger partial charge in [-0.3, -0.25) is 0 Å². The third kappa shape index (κ3) is 5.26. The molecule has 0 aliphatic heterocycles. The number of hydrogen-bond acceptors (Lipinski definition) is 4. The van der Waals surface area contributed by atoms with Crippen LogP contribution in [0.2, 0.25) is 5.02 Å². The van der Waals surface area contributed by atoms with Crippen LogP contribution >= 0.6 is 11.6 Å². The third-order valence-corrected chi connectivity index (χ3v) is 6.52. The van der Waals surface area contributed by atoms with E-state index >= 15 is 0 Å². The van der Waals surface area contributed by atoms with Crippen LogP contribution in [0.5, 0.6) is 5.75 Å². The van der Waals surface area contributed by atoms with Crippen LogP contribution < -0.4 is 4.74 Å². The number of carbonyl (C=O) groups is 1. The Kier molecular flexibility index (Phi) is 7.49. The minimum Gasteiger partial charge on any atom is -0.479 e. The predicted octanol–water partition coefficient (Wildman–Crippen LogP) is 5.13. The number of carboxylic acid groups (broad SMARTS) is 1. The molecule has 0 radical (unpaired) electrons. The van der Waals surface area contributed by atoms with Crippen molar-refractivity contribution in [3.63, 3.8) is 0 Å². The largest absolute Gasteiger partial charge is 0.479 e. The molecular weight excluding hydrogens is 400 g/mol. The summed E-state index contributed by atoms with van der Waals surface area (Å²) in [6.45, 7) is 5.56. The molecular formula is C21H25ClO5S. The SMILES string of the molecule is CCCC(Oc1ccc(Cl)cc1-c1cc(S(=O)(=O)CCC)ccc1C)C(=O)O. The number of sulfone groups is 1. The summed E-state index contributed by atoms with van der Waals surface area (Å²) in [5, 5.41) is 9.87. The Morgan fingerprint density at radius 3 is 2.43 bits per heavy atom. The number of aliphatic carboxylic acids is 1. The van der Waals surface area contributed by atoms with Gasteiger partial charge in [0.2, 0.25) is 0 Å². The van der Waals surface area contributed by atoms with E-state index in [1.165, 1.54) is 0 Å². The third-order valence-electron chi connectivity index (χ3n) is 4.37. The molecule has 2 aromatic carbocycles. The van der Waals surface area contributed by atoms with Crippen LogP contribution in [-0.2, 0) is 14.6 Å².